The summed E-state index contributed by atoms with van der Waals surface area (Å²) in [7, 11) is 1.58. The van der Waals surface area contributed by atoms with Gasteiger partial charge in [0.05, 0.1) is 24.7 Å². The fraction of sp³-hybridized carbons (Fsp3) is 0.136. The number of hydrogen-bond donors (Lipinski definition) is 1. The van der Waals surface area contributed by atoms with E-state index in [2.05, 4.69) is 15.3 Å². The molecule has 0 aliphatic carbocycles. The van der Waals surface area contributed by atoms with Crippen molar-refractivity contribution >= 4 is 17.2 Å². The molecule has 7 heteroatoms. The van der Waals surface area contributed by atoms with Crippen molar-refractivity contribution in [2.24, 2.45) is 0 Å². The summed E-state index contributed by atoms with van der Waals surface area (Å²) in [4.78, 5) is 21.5. The quantitative estimate of drug-likeness (QED) is 0.548. The Morgan fingerprint density at radius 3 is 2.59 bits per heavy atom. The summed E-state index contributed by atoms with van der Waals surface area (Å²) in [6, 6.07) is 14.6. The van der Waals surface area contributed by atoms with E-state index in [1.165, 1.54) is 0 Å². The minimum absolute atomic E-state index is 0.251. The predicted octanol–water partition coefficient (Wildman–Crippen LogP) is 4.40. The molecule has 146 valence electrons. The summed E-state index contributed by atoms with van der Waals surface area (Å²) < 4.78 is 12.8. The number of benzene rings is 1. The molecule has 0 aliphatic heterocycles. The molecule has 0 aliphatic rings. The molecule has 0 spiro atoms. The minimum Gasteiger partial charge on any atom is -0.493 e. The lowest BCUT2D eigenvalue weighted by Gasteiger charge is -2.10. The largest absolute Gasteiger partial charge is 0.493 e. The second-order valence-corrected chi connectivity index (χ2v) is 6.57. The highest BCUT2D eigenvalue weighted by atomic mass is 16.5. The first-order valence-electron chi connectivity index (χ1n) is 9.09. The van der Waals surface area contributed by atoms with Gasteiger partial charge in [0, 0.05) is 12.3 Å². The summed E-state index contributed by atoms with van der Waals surface area (Å²) in [6.07, 6.45) is 3.40. The van der Waals surface area contributed by atoms with E-state index in [0.29, 0.717) is 34.5 Å². The van der Waals surface area contributed by atoms with Gasteiger partial charge in [-0.3, -0.25) is 9.20 Å². The van der Waals surface area contributed by atoms with E-state index in [1.807, 2.05) is 50.4 Å². The molecule has 1 N–H and O–H groups in total. The third-order valence-corrected chi connectivity index (χ3v) is 4.45. The highest BCUT2D eigenvalue weighted by Gasteiger charge is 2.17. The summed E-state index contributed by atoms with van der Waals surface area (Å²) in [5.74, 6) is 1.33. The molecular weight excluding hydrogens is 368 g/mol. The van der Waals surface area contributed by atoms with Crippen molar-refractivity contribution in [2.75, 3.05) is 12.4 Å². The topological polar surface area (TPSA) is 77.8 Å². The zero-order valence-electron chi connectivity index (χ0n) is 16.3. The number of anilines is 1. The number of nitrogens with zero attached hydrogens (tertiary/aromatic N) is 3. The minimum atomic E-state index is -0.251. The van der Waals surface area contributed by atoms with Gasteiger partial charge in [0.15, 0.2) is 11.5 Å². The van der Waals surface area contributed by atoms with E-state index >= 15 is 0 Å². The van der Waals surface area contributed by atoms with Crippen LogP contribution in [-0.4, -0.2) is 27.4 Å². The third kappa shape index (κ3) is 3.75. The number of methoxy groups -OCH3 is 1. The Balaban J connectivity index is 1.52. The van der Waals surface area contributed by atoms with Crippen molar-refractivity contribution < 1.29 is 14.3 Å². The molecule has 1 amide bonds. The van der Waals surface area contributed by atoms with Crippen molar-refractivity contribution in [1.29, 1.82) is 0 Å². The zero-order chi connectivity index (χ0) is 20.4. The number of carbonyl (C=O) groups is 1. The van der Waals surface area contributed by atoms with Crippen LogP contribution in [-0.2, 0) is 0 Å². The van der Waals surface area contributed by atoms with E-state index in [4.69, 9.17) is 9.47 Å². The predicted molar refractivity (Wildman–Crippen MR) is 110 cm³/mol. The van der Waals surface area contributed by atoms with Crippen molar-refractivity contribution in [3.05, 3.63) is 77.9 Å². The summed E-state index contributed by atoms with van der Waals surface area (Å²) in [5.41, 5.74) is 3.55. The molecule has 0 fully saturated rings. The Morgan fingerprint density at radius 1 is 1.07 bits per heavy atom. The molecule has 0 bridgehead atoms. The third-order valence-electron chi connectivity index (χ3n) is 4.45. The number of fused-ring (bicyclic) bond motifs is 1. The molecule has 1 aromatic carbocycles. The lowest BCUT2D eigenvalue weighted by Crippen LogP contribution is -2.15. The smallest absolute Gasteiger partial charge is 0.274 e. The highest BCUT2D eigenvalue weighted by Crippen LogP contribution is 2.30. The number of carbonyl (C=O) groups excluding carboxylic acids is 1. The van der Waals surface area contributed by atoms with Crippen LogP contribution in [0.5, 0.6) is 17.4 Å². The Morgan fingerprint density at radius 2 is 1.86 bits per heavy atom. The van der Waals surface area contributed by atoms with Crippen LogP contribution in [0, 0.1) is 13.8 Å². The van der Waals surface area contributed by atoms with Crippen LogP contribution in [0.2, 0.25) is 0 Å². The van der Waals surface area contributed by atoms with Crippen molar-refractivity contribution in [2.45, 2.75) is 13.8 Å². The molecule has 3 aromatic heterocycles. The zero-order valence-corrected chi connectivity index (χ0v) is 16.3. The number of rotatable bonds is 5. The van der Waals surface area contributed by atoms with Crippen LogP contribution in [0.1, 0.15) is 21.7 Å². The maximum absolute atomic E-state index is 12.8. The van der Waals surface area contributed by atoms with Crippen LogP contribution in [0.15, 0.2) is 60.9 Å². The number of aromatic nitrogens is 3. The van der Waals surface area contributed by atoms with Gasteiger partial charge in [0.2, 0.25) is 5.88 Å². The van der Waals surface area contributed by atoms with Gasteiger partial charge in [-0.1, -0.05) is 12.1 Å². The standard InChI is InChI=1S/C22H20N4O3/c1-14-10-11-26-19(12-14)24-15(2)21(26)22(27)25-16-8-9-20(23-13-16)29-18-7-5-4-6-17(18)28-3/h4-13H,1-3H3,(H,25,27). The number of imidazole rings is 1. The Labute approximate surface area is 168 Å². The molecule has 0 radical (unpaired) electrons. The monoisotopic (exact) mass is 388 g/mol. The second kappa shape index (κ2) is 7.63. The first kappa shape index (κ1) is 18.5. The number of para-hydroxylation sites is 2. The van der Waals surface area contributed by atoms with Gasteiger partial charge >= 0.3 is 0 Å². The number of nitrogens with one attached hydrogen (secondary N) is 1. The number of hydrogen-bond acceptors (Lipinski definition) is 5. The normalized spacial score (nSPS) is 10.7. The van der Waals surface area contributed by atoms with Crippen LogP contribution < -0.4 is 14.8 Å². The van der Waals surface area contributed by atoms with E-state index in [-0.39, 0.29) is 5.91 Å². The molecule has 3 heterocycles. The lowest BCUT2D eigenvalue weighted by molar-refractivity contribution is 0.102. The SMILES string of the molecule is COc1ccccc1Oc1ccc(NC(=O)c2c(C)nc3cc(C)ccn23)cn1. The molecule has 0 saturated heterocycles. The molecule has 29 heavy (non-hydrogen) atoms. The van der Waals surface area contributed by atoms with Gasteiger partial charge < -0.3 is 14.8 Å². The molecule has 0 unspecified atom stereocenters. The maximum Gasteiger partial charge on any atom is 0.274 e. The molecule has 4 rings (SSSR count). The van der Waals surface area contributed by atoms with Gasteiger partial charge in [-0.25, -0.2) is 9.97 Å². The molecule has 0 atom stereocenters. The van der Waals surface area contributed by atoms with E-state index in [0.717, 1.165) is 11.2 Å². The van der Waals surface area contributed by atoms with Gasteiger partial charge in [0.25, 0.3) is 5.91 Å². The first-order valence-corrected chi connectivity index (χ1v) is 9.09. The van der Waals surface area contributed by atoms with Gasteiger partial charge in [-0.15, -0.1) is 0 Å². The second-order valence-electron chi connectivity index (χ2n) is 6.57. The Hall–Kier alpha value is -3.87. The number of ether oxygens (including phenoxy) is 2. The van der Waals surface area contributed by atoms with E-state index in [1.54, 1.807) is 35.9 Å². The summed E-state index contributed by atoms with van der Waals surface area (Å²) in [6.45, 7) is 3.81. The van der Waals surface area contributed by atoms with Crippen molar-refractivity contribution in [3.63, 3.8) is 0 Å². The van der Waals surface area contributed by atoms with E-state index in [9.17, 15) is 4.79 Å². The van der Waals surface area contributed by atoms with Crippen LogP contribution in [0.3, 0.4) is 0 Å². The summed E-state index contributed by atoms with van der Waals surface area (Å²) in [5, 5.41) is 2.86. The molecule has 0 saturated carbocycles. The van der Waals surface area contributed by atoms with Crippen LogP contribution in [0.25, 0.3) is 5.65 Å². The Bertz CT molecular complexity index is 1180. The highest BCUT2D eigenvalue weighted by molar-refractivity contribution is 6.04. The number of aryl methyl sites for hydroxylation is 2. The molecule has 4 aromatic rings. The maximum atomic E-state index is 12.8. The van der Waals surface area contributed by atoms with Crippen LogP contribution in [0.4, 0.5) is 5.69 Å². The van der Waals surface area contributed by atoms with Crippen molar-refractivity contribution in [1.82, 2.24) is 14.4 Å². The Kier molecular flexibility index (Phi) is 4.87. The number of pyridine rings is 2. The average Bonchev–Trinajstić information content (AvgIpc) is 3.04. The van der Waals surface area contributed by atoms with Crippen LogP contribution >= 0.6 is 0 Å². The summed E-state index contributed by atoms with van der Waals surface area (Å²) >= 11 is 0. The van der Waals surface area contributed by atoms with Gasteiger partial charge in [-0.05, 0) is 49.7 Å². The lowest BCUT2D eigenvalue weighted by atomic mass is 10.3. The van der Waals surface area contributed by atoms with Gasteiger partial charge in [-0.2, -0.15) is 0 Å². The van der Waals surface area contributed by atoms with Gasteiger partial charge in [0.1, 0.15) is 11.3 Å². The number of amides is 1. The van der Waals surface area contributed by atoms with E-state index < -0.39 is 0 Å². The first-order chi connectivity index (χ1) is 14.0. The fourth-order valence-corrected chi connectivity index (χ4v) is 3.06. The molecule has 7 nitrogen and oxygen atoms in total. The fourth-order valence-electron chi connectivity index (χ4n) is 3.06. The average molecular weight is 388 g/mol. The van der Waals surface area contributed by atoms with Crippen molar-refractivity contribution in [3.8, 4) is 17.4 Å². The molecular formula is C22H20N4O3.